The molecule has 2 aromatic carbocycles. The zero-order valence-corrected chi connectivity index (χ0v) is 29.9. The predicted molar refractivity (Wildman–Crippen MR) is 189 cm³/mol. The Balaban J connectivity index is 2.15. The minimum Gasteiger partial charge on any atom is -0.508 e. The first kappa shape index (κ1) is 39.7. The number of aromatic hydroxyl groups is 1. The minimum atomic E-state index is -1.19. The summed E-state index contributed by atoms with van der Waals surface area (Å²) in [4.78, 5) is 64.7. The first-order chi connectivity index (χ1) is 21.6. The van der Waals surface area contributed by atoms with Crippen LogP contribution in [0, 0.1) is 13.8 Å². The number of carbonyl (C=O) groups excluding carboxylic acids is 5. The van der Waals surface area contributed by atoms with Crippen LogP contribution in [0.25, 0.3) is 0 Å². The zero-order chi connectivity index (χ0) is 35.9. The molecule has 0 saturated heterocycles. The maximum Gasteiger partial charge on any atom is 0.244 e. The average molecular weight is 709 g/mol. The summed E-state index contributed by atoms with van der Waals surface area (Å²) in [6.07, 6.45) is 0.188. The summed E-state index contributed by atoms with van der Waals surface area (Å²) in [7, 11) is 0. The number of phenolic OH excluding ortho intramolecular Hbond substituents is 1. The molecule has 15 heteroatoms. The number of thiol groups is 2. The molecule has 0 fully saturated rings. The van der Waals surface area contributed by atoms with Crippen LogP contribution in [-0.4, -0.2) is 74.8 Å². The highest BCUT2D eigenvalue weighted by atomic mass is 35.5. The first-order valence-corrected chi connectivity index (χ1v) is 16.1. The molecule has 5 amide bonds. The van der Waals surface area contributed by atoms with Crippen molar-refractivity contribution in [3.63, 3.8) is 0 Å². The Kier molecular flexibility index (Phi) is 14.0. The number of amides is 5. The molecule has 0 aliphatic rings. The number of aryl methyl sites for hydroxylation is 2. The van der Waals surface area contributed by atoms with Gasteiger partial charge in [0.2, 0.25) is 29.5 Å². The van der Waals surface area contributed by atoms with Crippen molar-refractivity contribution in [3.05, 3.63) is 63.7 Å². The minimum absolute atomic E-state index is 0.0292. The molecule has 0 aliphatic carbocycles. The lowest BCUT2D eigenvalue weighted by atomic mass is 9.95. The monoisotopic (exact) mass is 708 g/mol. The van der Waals surface area contributed by atoms with Crippen LogP contribution >= 0.6 is 36.9 Å². The van der Waals surface area contributed by atoms with Gasteiger partial charge < -0.3 is 37.8 Å². The number of hydrogen-bond donors (Lipinski definition) is 9. The van der Waals surface area contributed by atoms with Crippen LogP contribution in [0.15, 0.2) is 36.4 Å². The van der Waals surface area contributed by atoms with Crippen molar-refractivity contribution in [2.24, 2.45) is 11.5 Å². The van der Waals surface area contributed by atoms with Crippen LogP contribution < -0.4 is 32.7 Å². The number of nitrogens with one attached hydrogen (secondary N) is 4. The van der Waals surface area contributed by atoms with Gasteiger partial charge in [-0.25, -0.2) is 0 Å². The molecular weight excluding hydrogens is 664 g/mol. The number of nitrogens with two attached hydrogens (primary N) is 2. The number of rotatable bonds is 15. The van der Waals surface area contributed by atoms with Crippen molar-refractivity contribution in [3.8, 4) is 5.75 Å². The molecule has 0 aromatic heterocycles. The molecule has 2 aromatic rings. The summed E-state index contributed by atoms with van der Waals surface area (Å²) in [6.45, 7) is 9.49. The molecular formula is C32H45ClN6O6S2. The van der Waals surface area contributed by atoms with Crippen LogP contribution in [0.3, 0.4) is 0 Å². The molecule has 0 aliphatic heterocycles. The Bertz CT molecular complexity index is 1450. The number of hydrogen-bond acceptors (Lipinski definition) is 9. The second-order valence-electron chi connectivity index (χ2n) is 12.6. The molecule has 0 unspecified atom stereocenters. The van der Waals surface area contributed by atoms with E-state index in [0.717, 1.165) is 16.7 Å². The van der Waals surface area contributed by atoms with E-state index in [-0.39, 0.29) is 18.6 Å². The van der Waals surface area contributed by atoms with E-state index in [4.69, 9.17) is 23.1 Å². The maximum absolute atomic E-state index is 13.3. The van der Waals surface area contributed by atoms with Gasteiger partial charge in [0.05, 0.1) is 12.6 Å². The summed E-state index contributed by atoms with van der Waals surface area (Å²) < 4.78 is -2.07. The molecule has 2 rings (SSSR count). The van der Waals surface area contributed by atoms with E-state index in [1.165, 1.54) is 0 Å². The average Bonchev–Trinajstić information content (AvgIpc) is 2.94. The van der Waals surface area contributed by atoms with Gasteiger partial charge in [-0.3, -0.25) is 24.0 Å². The van der Waals surface area contributed by atoms with Gasteiger partial charge in [-0.2, -0.15) is 25.3 Å². The molecule has 0 heterocycles. The van der Waals surface area contributed by atoms with Gasteiger partial charge in [0, 0.05) is 20.9 Å². The number of primary amides is 1. The summed E-state index contributed by atoms with van der Waals surface area (Å²) in [5.41, 5.74) is 14.7. The Labute approximate surface area is 291 Å². The third-order valence-corrected chi connectivity index (χ3v) is 8.17. The molecule has 0 bridgehead atoms. The van der Waals surface area contributed by atoms with Crippen molar-refractivity contribution in [2.75, 3.05) is 6.54 Å². The van der Waals surface area contributed by atoms with E-state index < -0.39 is 69.7 Å². The highest BCUT2D eigenvalue weighted by Gasteiger charge is 2.36. The van der Waals surface area contributed by atoms with Gasteiger partial charge in [-0.05, 0) is 94.5 Å². The van der Waals surface area contributed by atoms with E-state index in [9.17, 15) is 29.1 Å². The quantitative estimate of drug-likeness (QED) is 0.124. The lowest BCUT2D eigenvalue weighted by molar-refractivity contribution is -0.133. The Morgan fingerprint density at radius 3 is 1.83 bits per heavy atom. The van der Waals surface area contributed by atoms with Crippen molar-refractivity contribution in [1.82, 2.24) is 21.3 Å². The molecule has 4 atom stereocenters. The summed E-state index contributed by atoms with van der Waals surface area (Å²) in [6, 6.07) is 5.23. The van der Waals surface area contributed by atoms with Gasteiger partial charge in [0.15, 0.2) is 0 Å². The molecule has 0 spiro atoms. The van der Waals surface area contributed by atoms with E-state index >= 15 is 0 Å². The summed E-state index contributed by atoms with van der Waals surface area (Å²) in [5, 5.41) is 20.6. The van der Waals surface area contributed by atoms with E-state index in [2.05, 4.69) is 46.5 Å². The summed E-state index contributed by atoms with van der Waals surface area (Å²) >= 11 is 14.8. The van der Waals surface area contributed by atoms with Gasteiger partial charge >= 0.3 is 0 Å². The fraction of sp³-hybridized carbons (Fsp3) is 0.469. The van der Waals surface area contributed by atoms with Crippen LogP contribution in [-0.2, 0) is 36.8 Å². The third-order valence-electron chi connectivity index (χ3n) is 7.40. The van der Waals surface area contributed by atoms with Crippen molar-refractivity contribution in [2.45, 2.75) is 88.0 Å². The molecule has 0 saturated carbocycles. The highest BCUT2D eigenvalue weighted by Crippen LogP contribution is 2.23. The van der Waals surface area contributed by atoms with Crippen molar-refractivity contribution < 1.29 is 29.1 Å². The largest absolute Gasteiger partial charge is 0.508 e. The Hall–Kier alpha value is -3.46. The van der Waals surface area contributed by atoms with Crippen LogP contribution in [0.1, 0.15) is 49.9 Å². The first-order valence-electron chi connectivity index (χ1n) is 14.8. The molecule has 47 heavy (non-hydrogen) atoms. The number of phenols is 1. The van der Waals surface area contributed by atoms with Crippen molar-refractivity contribution in [1.29, 1.82) is 0 Å². The predicted octanol–water partition coefficient (Wildman–Crippen LogP) is 1.25. The smallest absolute Gasteiger partial charge is 0.244 e. The van der Waals surface area contributed by atoms with E-state index in [0.29, 0.717) is 10.6 Å². The lowest BCUT2D eigenvalue weighted by Gasteiger charge is -2.31. The fourth-order valence-electron chi connectivity index (χ4n) is 4.84. The maximum atomic E-state index is 13.3. The van der Waals surface area contributed by atoms with E-state index in [1.54, 1.807) is 77.9 Å². The Morgan fingerprint density at radius 1 is 0.830 bits per heavy atom. The normalized spacial score (nSPS) is 14.3. The topological polar surface area (TPSA) is 206 Å². The van der Waals surface area contributed by atoms with Gasteiger partial charge in [-0.1, -0.05) is 23.7 Å². The fourth-order valence-corrected chi connectivity index (χ4v) is 5.34. The molecule has 258 valence electrons. The molecule has 0 radical (unpaired) electrons. The number of halogens is 1. The number of carbonyl (C=O) groups is 5. The SMILES string of the molecule is Cc1cc(O)cc(C)c1C[C@H](N)C(=O)N[C@@H](C(=O)NCC(=O)N[C@@H](Cc1ccc(Cl)cc1)C(=O)N[C@@H](C(N)=O)C(C)(C)S)C(C)(C)S. The summed E-state index contributed by atoms with van der Waals surface area (Å²) in [5.74, 6) is -3.43. The van der Waals surface area contributed by atoms with Crippen LogP contribution in [0.4, 0.5) is 0 Å². The van der Waals surface area contributed by atoms with Crippen LogP contribution in [0.5, 0.6) is 5.75 Å². The standard InChI is InChI=1S/C32H45ClN6O6S2/c1-16-11-20(40)12-17(2)21(16)14-22(34)28(43)39-26(32(5,6)47)30(45)36-15-24(41)37-23(13-18-7-9-19(33)10-8-18)29(44)38-25(27(35)42)31(3,4)46/h7-12,22-23,25-26,40,46-47H,13-15,34H2,1-6H3,(H2,35,42)(H,36,45)(H,37,41)(H,38,44)(H,39,43)/t22-,23-,25-,26-/m0/s1. The third kappa shape index (κ3) is 12.3. The Morgan fingerprint density at radius 2 is 1.34 bits per heavy atom. The second kappa shape index (κ2) is 16.6. The van der Waals surface area contributed by atoms with Gasteiger partial charge in [0.1, 0.15) is 23.9 Å². The zero-order valence-electron chi connectivity index (χ0n) is 27.3. The second-order valence-corrected chi connectivity index (χ2v) is 15.4. The van der Waals surface area contributed by atoms with Crippen molar-refractivity contribution >= 4 is 66.4 Å². The lowest BCUT2D eigenvalue weighted by Crippen LogP contribution is -2.61. The van der Waals surface area contributed by atoms with Gasteiger partial charge in [-0.15, -0.1) is 0 Å². The highest BCUT2D eigenvalue weighted by molar-refractivity contribution is 7.82. The molecule has 9 N–H and O–H groups in total. The van der Waals surface area contributed by atoms with Gasteiger partial charge in [0.25, 0.3) is 0 Å². The van der Waals surface area contributed by atoms with E-state index in [1.807, 2.05) is 0 Å². The number of benzene rings is 2. The molecule has 12 nitrogen and oxygen atoms in total. The van der Waals surface area contributed by atoms with Crippen LogP contribution in [0.2, 0.25) is 5.02 Å².